The molecule has 0 bridgehead atoms. The molecule has 2 aromatic rings. The zero-order valence-electron chi connectivity index (χ0n) is 6.64. The summed E-state index contributed by atoms with van der Waals surface area (Å²) in [6.07, 6.45) is 4.99. The van der Waals surface area contributed by atoms with Crippen LogP contribution in [0.15, 0.2) is 30.6 Å². The molecular formula is C9H10N2S. The van der Waals surface area contributed by atoms with Gasteiger partial charge in [0.05, 0.1) is 5.69 Å². The number of hydrogen-bond donors (Lipinski definition) is 1. The van der Waals surface area contributed by atoms with Gasteiger partial charge in [0.1, 0.15) is 5.65 Å². The molecular weight excluding hydrogens is 168 g/mol. The van der Waals surface area contributed by atoms with Crippen molar-refractivity contribution in [1.29, 1.82) is 0 Å². The fraction of sp³-hybridized carbons (Fsp3) is 0.222. The van der Waals surface area contributed by atoms with Crippen LogP contribution < -0.4 is 0 Å². The zero-order chi connectivity index (χ0) is 8.39. The van der Waals surface area contributed by atoms with Crippen LogP contribution >= 0.6 is 12.6 Å². The average Bonchev–Trinajstić information content (AvgIpc) is 2.47. The van der Waals surface area contributed by atoms with E-state index in [2.05, 4.69) is 17.6 Å². The van der Waals surface area contributed by atoms with Crippen LogP contribution in [0.4, 0.5) is 0 Å². The maximum Gasteiger partial charge on any atom is 0.136 e. The SMILES string of the molecule is SCCc1cn2ccccc2n1. The maximum atomic E-state index is 4.42. The number of aromatic nitrogens is 2. The molecule has 2 rings (SSSR count). The van der Waals surface area contributed by atoms with Gasteiger partial charge in [-0.3, -0.25) is 0 Å². The maximum absolute atomic E-state index is 4.42. The number of aryl methyl sites for hydroxylation is 1. The molecule has 0 aliphatic carbocycles. The Hall–Kier alpha value is -0.960. The molecule has 0 saturated heterocycles. The van der Waals surface area contributed by atoms with Gasteiger partial charge in [0, 0.05) is 18.8 Å². The third-order valence-electron chi connectivity index (χ3n) is 1.78. The standard InChI is InChI=1S/C9H10N2S/c12-6-4-8-7-11-5-2-1-3-9(11)10-8/h1-3,5,7,12H,4,6H2. The normalized spacial score (nSPS) is 10.8. The lowest BCUT2D eigenvalue weighted by Crippen LogP contribution is -1.83. The molecule has 12 heavy (non-hydrogen) atoms. The van der Waals surface area contributed by atoms with Gasteiger partial charge in [0.15, 0.2) is 0 Å². The zero-order valence-corrected chi connectivity index (χ0v) is 7.54. The van der Waals surface area contributed by atoms with Gasteiger partial charge in [-0.2, -0.15) is 12.6 Å². The Bertz CT molecular complexity index is 348. The topological polar surface area (TPSA) is 17.3 Å². The summed E-state index contributed by atoms with van der Waals surface area (Å²) in [5, 5.41) is 0. The van der Waals surface area contributed by atoms with Crippen molar-refractivity contribution in [3.8, 4) is 0 Å². The lowest BCUT2D eigenvalue weighted by molar-refractivity contribution is 1.09. The molecule has 0 radical (unpaired) electrons. The van der Waals surface area contributed by atoms with Gasteiger partial charge in [-0.05, 0) is 17.9 Å². The van der Waals surface area contributed by atoms with E-state index in [9.17, 15) is 0 Å². The lowest BCUT2D eigenvalue weighted by atomic mass is 10.4. The first-order valence-corrected chi connectivity index (χ1v) is 4.57. The Morgan fingerprint density at radius 3 is 3.08 bits per heavy atom. The van der Waals surface area contributed by atoms with Gasteiger partial charge in [-0.25, -0.2) is 4.98 Å². The van der Waals surface area contributed by atoms with Crippen molar-refractivity contribution in [2.75, 3.05) is 5.75 Å². The second kappa shape index (κ2) is 3.19. The van der Waals surface area contributed by atoms with Crippen LogP contribution in [0, 0.1) is 0 Å². The minimum absolute atomic E-state index is 0.851. The van der Waals surface area contributed by atoms with Crippen molar-refractivity contribution in [3.05, 3.63) is 36.3 Å². The predicted molar refractivity (Wildman–Crippen MR) is 52.7 cm³/mol. The minimum Gasteiger partial charge on any atom is -0.307 e. The first-order valence-electron chi connectivity index (χ1n) is 3.93. The van der Waals surface area contributed by atoms with Crippen molar-refractivity contribution < 1.29 is 0 Å². The van der Waals surface area contributed by atoms with Crippen molar-refractivity contribution in [3.63, 3.8) is 0 Å². The van der Waals surface area contributed by atoms with Crippen LogP contribution in [-0.4, -0.2) is 15.1 Å². The second-order valence-corrected chi connectivity index (χ2v) is 3.12. The summed E-state index contributed by atoms with van der Waals surface area (Å²) in [6, 6.07) is 5.99. The van der Waals surface area contributed by atoms with Crippen LogP contribution in [-0.2, 0) is 6.42 Å². The third kappa shape index (κ3) is 1.32. The largest absolute Gasteiger partial charge is 0.307 e. The fourth-order valence-corrected chi connectivity index (χ4v) is 1.45. The van der Waals surface area contributed by atoms with Crippen LogP contribution in [0.5, 0.6) is 0 Å². The van der Waals surface area contributed by atoms with Crippen LogP contribution in [0.2, 0.25) is 0 Å². The average molecular weight is 178 g/mol. The number of nitrogens with zero attached hydrogens (tertiary/aromatic N) is 2. The molecule has 0 amide bonds. The summed E-state index contributed by atoms with van der Waals surface area (Å²) < 4.78 is 2.03. The van der Waals surface area contributed by atoms with Gasteiger partial charge in [-0.1, -0.05) is 6.07 Å². The number of thiol groups is 1. The molecule has 0 aliphatic rings. The Labute approximate surface area is 76.7 Å². The van der Waals surface area contributed by atoms with E-state index < -0.39 is 0 Å². The monoisotopic (exact) mass is 178 g/mol. The van der Waals surface area contributed by atoms with Gasteiger partial charge in [0.2, 0.25) is 0 Å². The Morgan fingerprint density at radius 1 is 1.42 bits per heavy atom. The lowest BCUT2D eigenvalue weighted by Gasteiger charge is -1.86. The van der Waals surface area contributed by atoms with Crippen molar-refractivity contribution in [2.24, 2.45) is 0 Å². The fourth-order valence-electron chi connectivity index (χ4n) is 1.22. The molecule has 0 fully saturated rings. The highest BCUT2D eigenvalue weighted by Crippen LogP contribution is 2.04. The van der Waals surface area contributed by atoms with E-state index in [-0.39, 0.29) is 0 Å². The summed E-state index contributed by atoms with van der Waals surface area (Å²) in [5.41, 5.74) is 2.12. The first kappa shape index (κ1) is 7.68. The number of hydrogen-bond acceptors (Lipinski definition) is 2. The van der Waals surface area contributed by atoms with Crippen LogP contribution in [0.1, 0.15) is 5.69 Å². The highest BCUT2D eigenvalue weighted by Gasteiger charge is 1.97. The molecule has 0 aliphatic heterocycles. The van der Waals surface area contributed by atoms with E-state index in [1.54, 1.807) is 0 Å². The summed E-state index contributed by atoms with van der Waals surface area (Å²) in [4.78, 5) is 4.42. The summed E-state index contributed by atoms with van der Waals surface area (Å²) in [5.74, 6) is 0.851. The van der Waals surface area contributed by atoms with Crippen LogP contribution in [0.3, 0.4) is 0 Å². The molecule has 2 heterocycles. The van der Waals surface area contributed by atoms with E-state index in [0.717, 1.165) is 23.5 Å². The van der Waals surface area contributed by atoms with Crippen LogP contribution in [0.25, 0.3) is 5.65 Å². The van der Waals surface area contributed by atoms with Gasteiger partial charge >= 0.3 is 0 Å². The minimum atomic E-state index is 0.851. The molecule has 0 N–H and O–H groups in total. The summed E-state index contributed by atoms with van der Waals surface area (Å²) in [6.45, 7) is 0. The number of imidazole rings is 1. The van der Waals surface area contributed by atoms with Crippen molar-refractivity contribution in [2.45, 2.75) is 6.42 Å². The van der Waals surface area contributed by atoms with E-state index in [0.29, 0.717) is 0 Å². The molecule has 3 heteroatoms. The molecule has 0 aromatic carbocycles. The Kier molecular flexibility index (Phi) is 2.04. The van der Waals surface area contributed by atoms with Gasteiger partial charge < -0.3 is 4.40 Å². The number of fused-ring (bicyclic) bond motifs is 1. The molecule has 0 saturated carbocycles. The number of rotatable bonds is 2. The molecule has 2 aromatic heterocycles. The second-order valence-electron chi connectivity index (χ2n) is 2.67. The van der Waals surface area contributed by atoms with E-state index in [4.69, 9.17) is 0 Å². The molecule has 0 unspecified atom stereocenters. The molecule has 62 valence electrons. The molecule has 2 nitrogen and oxygen atoms in total. The van der Waals surface area contributed by atoms with E-state index >= 15 is 0 Å². The Morgan fingerprint density at radius 2 is 2.33 bits per heavy atom. The Balaban J connectivity index is 2.47. The van der Waals surface area contributed by atoms with Gasteiger partial charge in [0.25, 0.3) is 0 Å². The highest BCUT2D eigenvalue weighted by atomic mass is 32.1. The smallest absolute Gasteiger partial charge is 0.136 e. The summed E-state index contributed by atoms with van der Waals surface area (Å²) >= 11 is 4.16. The predicted octanol–water partition coefficient (Wildman–Crippen LogP) is 1.81. The summed E-state index contributed by atoms with van der Waals surface area (Å²) in [7, 11) is 0. The third-order valence-corrected chi connectivity index (χ3v) is 2.01. The van der Waals surface area contributed by atoms with Crippen molar-refractivity contribution in [1.82, 2.24) is 9.38 Å². The molecule has 0 spiro atoms. The quantitative estimate of drug-likeness (QED) is 0.694. The van der Waals surface area contributed by atoms with E-state index in [1.807, 2.05) is 35.0 Å². The highest BCUT2D eigenvalue weighted by molar-refractivity contribution is 7.80. The van der Waals surface area contributed by atoms with Crippen molar-refractivity contribution >= 4 is 18.3 Å². The number of pyridine rings is 1. The van der Waals surface area contributed by atoms with Gasteiger partial charge in [-0.15, -0.1) is 0 Å². The van der Waals surface area contributed by atoms with E-state index in [1.165, 1.54) is 0 Å². The first-order chi connectivity index (χ1) is 5.90. The molecule has 0 atom stereocenters.